The van der Waals surface area contributed by atoms with Gasteiger partial charge in [0.05, 0.1) is 6.10 Å². The van der Waals surface area contributed by atoms with Crippen molar-refractivity contribution in [1.29, 1.82) is 0 Å². The van der Waals surface area contributed by atoms with Crippen molar-refractivity contribution in [3.05, 3.63) is 65.2 Å². The predicted molar refractivity (Wildman–Crippen MR) is 188 cm³/mol. The van der Waals surface area contributed by atoms with Gasteiger partial charge in [0.1, 0.15) is 11.9 Å². The number of aromatic hydroxyl groups is 1. The molecule has 6 rings (SSSR count). The molecule has 47 heavy (non-hydrogen) atoms. The molecule has 7 atom stereocenters. The average Bonchev–Trinajstić information content (AvgIpc) is 3.37. The Kier molecular flexibility index (Phi) is 11.6. The normalized spacial score (nSPS) is 30.4. The fourth-order valence-corrected chi connectivity index (χ4v) is 10.5. The molecule has 0 spiro atoms. The van der Waals surface area contributed by atoms with E-state index in [2.05, 4.69) is 42.2 Å². The number of amides is 1. The number of rotatable bonds is 14. The molecule has 3 fully saturated rings. The van der Waals surface area contributed by atoms with Gasteiger partial charge in [-0.1, -0.05) is 94.7 Å². The number of hydrogen-bond acceptors (Lipinski definition) is 3. The minimum absolute atomic E-state index is 0.128. The van der Waals surface area contributed by atoms with Crippen LogP contribution in [0, 0.1) is 29.1 Å². The molecular formula is C42H60FNO3. The summed E-state index contributed by atoms with van der Waals surface area (Å²) in [7, 11) is 0. The second-order valence-corrected chi connectivity index (χ2v) is 16.1. The Labute approximate surface area is 283 Å². The largest absolute Gasteiger partial charge is 0.508 e. The highest BCUT2D eigenvalue weighted by atomic mass is 19.1. The Morgan fingerprint density at radius 1 is 0.915 bits per heavy atom. The van der Waals surface area contributed by atoms with Crippen LogP contribution in [0.15, 0.2) is 48.5 Å². The van der Waals surface area contributed by atoms with Crippen molar-refractivity contribution in [2.24, 2.45) is 29.1 Å². The highest BCUT2D eigenvalue weighted by Gasteiger charge is 2.59. The number of benzene rings is 2. The van der Waals surface area contributed by atoms with Crippen LogP contribution >= 0.6 is 0 Å². The predicted octanol–water partition coefficient (Wildman–Crippen LogP) is 9.56. The van der Waals surface area contributed by atoms with Crippen molar-refractivity contribution < 1.29 is 19.4 Å². The van der Waals surface area contributed by atoms with Crippen molar-refractivity contribution in [3.63, 3.8) is 0 Å². The van der Waals surface area contributed by atoms with Gasteiger partial charge in [-0.05, 0) is 116 Å². The summed E-state index contributed by atoms with van der Waals surface area (Å²) >= 11 is 0. The summed E-state index contributed by atoms with van der Waals surface area (Å²) < 4.78 is 16.1. The zero-order chi connectivity index (χ0) is 32.8. The number of carbonyl (C=O) groups is 1. The average molecular weight is 646 g/mol. The van der Waals surface area contributed by atoms with Crippen LogP contribution in [0.2, 0.25) is 0 Å². The summed E-state index contributed by atoms with van der Waals surface area (Å²) in [5.74, 6) is 2.20. The third kappa shape index (κ3) is 8.09. The lowest BCUT2D eigenvalue weighted by atomic mass is 9.51. The van der Waals surface area contributed by atoms with Gasteiger partial charge in [-0.15, -0.1) is 0 Å². The van der Waals surface area contributed by atoms with E-state index in [1.54, 1.807) is 6.07 Å². The lowest BCUT2D eigenvalue weighted by Crippen LogP contribution is -2.51. The number of alkyl halides is 1. The highest BCUT2D eigenvalue weighted by molar-refractivity contribution is 5.76. The molecule has 258 valence electrons. The van der Waals surface area contributed by atoms with Gasteiger partial charge in [-0.2, -0.15) is 0 Å². The second-order valence-electron chi connectivity index (χ2n) is 16.1. The van der Waals surface area contributed by atoms with Gasteiger partial charge in [0.25, 0.3) is 0 Å². The van der Waals surface area contributed by atoms with E-state index in [1.165, 1.54) is 37.7 Å². The van der Waals surface area contributed by atoms with Gasteiger partial charge in [0.15, 0.2) is 0 Å². The van der Waals surface area contributed by atoms with Crippen LogP contribution in [0.4, 0.5) is 4.39 Å². The molecule has 0 radical (unpaired) electrons. The molecule has 5 heteroatoms. The zero-order valence-electron chi connectivity index (χ0n) is 28.9. The number of aryl methyl sites for hydroxylation is 1. The second kappa shape index (κ2) is 15.9. The molecular weight excluding hydrogens is 585 g/mol. The maximum Gasteiger partial charge on any atom is 0.222 e. The molecule has 4 aliphatic rings. The van der Waals surface area contributed by atoms with Gasteiger partial charge >= 0.3 is 0 Å². The van der Waals surface area contributed by atoms with Crippen LogP contribution < -0.4 is 0 Å². The van der Waals surface area contributed by atoms with Crippen molar-refractivity contribution in [3.8, 4) is 5.75 Å². The third-order valence-electron chi connectivity index (χ3n) is 13.1. The molecule has 2 aromatic carbocycles. The van der Waals surface area contributed by atoms with E-state index in [4.69, 9.17) is 0 Å². The lowest BCUT2D eigenvalue weighted by Gasteiger charge is -2.54. The van der Waals surface area contributed by atoms with E-state index in [0.717, 1.165) is 101 Å². The molecule has 1 amide bonds. The monoisotopic (exact) mass is 645 g/mol. The Hall–Kier alpha value is -2.40. The number of phenolic OH excluding ortho intramolecular Hbond substituents is 1. The minimum atomic E-state index is -0.955. The van der Waals surface area contributed by atoms with Gasteiger partial charge in [-0.25, -0.2) is 4.39 Å². The first-order chi connectivity index (χ1) is 22.8. The Morgan fingerprint density at radius 2 is 1.68 bits per heavy atom. The van der Waals surface area contributed by atoms with E-state index < -0.39 is 12.3 Å². The summed E-state index contributed by atoms with van der Waals surface area (Å²) in [5.41, 5.74) is 3.23. The summed E-state index contributed by atoms with van der Waals surface area (Å²) in [5, 5.41) is 21.2. The zero-order valence-corrected chi connectivity index (χ0v) is 28.9. The maximum absolute atomic E-state index is 16.1. The number of nitrogens with zero attached hydrogens (tertiary/aromatic N) is 1. The van der Waals surface area contributed by atoms with Crippen molar-refractivity contribution in [2.75, 3.05) is 13.1 Å². The smallest absolute Gasteiger partial charge is 0.222 e. The number of fused-ring (bicyclic) bond motifs is 5. The molecule has 0 bridgehead atoms. The van der Waals surface area contributed by atoms with Crippen LogP contribution in [-0.4, -0.2) is 46.4 Å². The Morgan fingerprint density at radius 3 is 2.49 bits per heavy atom. The number of carbonyl (C=O) groups excluding carboxylic acids is 1. The molecule has 4 aliphatic carbocycles. The molecule has 0 saturated heterocycles. The van der Waals surface area contributed by atoms with Crippen LogP contribution in [0.5, 0.6) is 5.75 Å². The minimum Gasteiger partial charge on any atom is -0.508 e. The number of aliphatic hydroxyl groups is 1. The SMILES string of the molecule is C[C@]12C[C@H](F)[C@@H]3c4ccc(O)cc4C[C@@H](CCCCCCN(CCCc4ccccc4)C(=O)CCC4CCCCC4)[C@H]3[C@@H]1CC[C@@H]2O. The molecule has 0 unspecified atom stereocenters. The van der Waals surface area contributed by atoms with Crippen LogP contribution in [-0.2, 0) is 17.6 Å². The van der Waals surface area contributed by atoms with Gasteiger partial charge in [-0.3, -0.25) is 4.79 Å². The number of unbranched alkanes of at least 4 members (excludes halogenated alkanes) is 3. The fourth-order valence-electron chi connectivity index (χ4n) is 10.5. The Bertz CT molecular complexity index is 1290. The van der Waals surface area contributed by atoms with Crippen LogP contribution in [0.1, 0.15) is 132 Å². The number of phenols is 1. The molecule has 0 aliphatic heterocycles. The van der Waals surface area contributed by atoms with Gasteiger partial charge < -0.3 is 15.1 Å². The maximum atomic E-state index is 16.1. The number of halogens is 1. The summed E-state index contributed by atoms with van der Waals surface area (Å²) in [6, 6.07) is 16.2. The van der Waals surface area contributed by atoms with Crippen molar-refractivity contribution in [2.45, 2.75) is 141 Å². The first-order valence-electron chi connectivity index (χ1n) is 19.3. The summed E-state index contributed by atoms with van der Waals surface area (Å²) in [6.07, 6.45) is 17.5. The summed E-state index contributed by atoms with van der Waals surface area (Å²) in [6.45, 7) is 3.83. The van der Waals surface area contributed by atoms with E-state index in [-0.39, 0.29) is 23.0 Å². The number of hydrogen-bond donors (Lipinski definition) is 2. The molecule has 3 saturated carbocycles. The fraction of sp³-hybridized carbons (Fsp3) is 0.690. The van der Waals surface area contributed by atoms with Gasteiger partial charge in [0, 0.05) is 25.4 Å². The summed E-state index contributed by atoms with van der Waals surface area (Å²) in [4.78, 5) is 15.6. The van der Waals surface area contributed by atoms with Crippen molar-refractivity contribution >= 4 is 5.91 Å². The van der Waals surface area contributed by atoms with E-state index in [1.807, 2.05) is 12.1 Å². The lowest BCUT2D eigenvalue weighted by molar-refractivity contribution is -0.131. The first kappa shape index (κ1) is 34.5. The van der Waals surface area contributed by atoms with Gasteiger partial charge in [0.2, 0.25) is 5.91 Å². The molecule has 0 heterocycles. The molecule has 2 N–H and O–H groups in total. The van der Waals surface area contributed by atoms with Crippen LogP contribution in [0.25, 0.3) is 0 Å². The van der Waals surface area contributed by atoms with Crippen molar-refractivity contribution in [1.82, 2.24) is 4.90 Å². The topological polar surface area (TPSA) is 60.8 Å². The standard InChI is InChI=1S/C42H60FNO3/c1-42-29-37(43)41-35-21-20-34(45)28-33(35)27-32(40(41)36(42)22-23-38(42)46)18-10-2-3-11-25-44(26-12-17-30-13-6-4-7-14-30)39(47)24-19-31-15-8-5-9-16-31/h4,6-7,13-14,20-21,28,31-32,36-38,40-41,45-46H,2-3,5,8-12,15-19,22-27,29H2,1H3/t32-,36+,37+,38+,40+,41+,42+/m1/s1. The van der Waals surface area contributed by atoms with E-state index >= 15 is 4.39 Å². The van der Waals surface area contributed by atoms with Crippen LogP contribution in [0.3, 0.4) is 0 Å². The molecule has 0 aromatic heterocycles. The number of aliphatic hydroxyl groups excluding tert-OH is 1. The molecule has 2 aromatic rings. The van der Waals surface area contributed by atoms with E-state index in [0.29, 0.717) is 30.6 Å². The van der Waals surface area contributed by atoms with E-state index in [9.17, 15) is 15.0 Å². The highest BCUT2D eigenvalue weighted by Crippen LogP contribution is 2.63. The quantitative estimate of drug-likeness (QED) is 0.201. The Balaban J connectivity index is 1.02. The third-order valence-corrected chi connectivity index (χ3v) is 13.1. The first-order valence-corrected chi connectivity index (χ1v) is 19.3. The molecule has 4 nitrogen and oxygen atoms in total.